The number of likely N-dealkylation sites (tertiary alicyclic amines) is 2. The first-order valence-corrected chi connectivity index (χ1v) is 7.76. The van der Waals surface area contributed by atoms with Gasteiger partial charge in [-0.25, -0.2) is 0 Å². The van der Waals surface area contributed by atoms with Crippen LogP contribution in [0.5, 0.6) is 0 Å². The molecule has 4 heteroatoms. The molecule has 3 unspecified atom stereocenters. The number of amides is 1. The van der Waals surface area contributed by atoms with Gasteiger partial charge in [-0.15, -0.1) is 0 Å². The Morgan fingerprint density at radius 2 is 2.05 bits per heavy atom. The first kappa shape index (κ1) is 14.8. The summed E-state index contributed by atoms with van der Waals surface area (Å²) in [7, 11) is 0. The van der Waals surface area contributed by atoms with E-state index in [1.165, 1.54) is 19.3 Å². The molecule has 0 aliphatic carbocycles. The highest BCUT2D eigenvalue weighted by atomic mass is 16.3. The van der Waals surface area contributed by atoms with Crippen molar-refractivity contribution in [1.82, 2.24) is 9.80 Å². The van der Waals surface area contributed by atoms with Crippen LogP contribution in [0.4, 0.5) is 0 Å². The van der Waals surface area contributed by atoms with Crippen LogP contribution in [0.1, 0.15) is 46.0 Å². The molecular weight excluding hydrogens is 240 g/mol. The zero-order chi connectivity index (χ0) is 13.8. The average Bonchev–Trinajstić information content (AvgIpc) is 2.66. The summed E-state index contributed by atoms with van der Waals surface area (Å²) in [5.41, 5.74) is 0. The lowest BCUT2D eigenvalue weighted by Gasteiger charge is -2.31. The van der Waals surface area contributed by atoms with E-state index in [9.17, 15) is 9.90 Å². The molecule has 3 atom stereocenters. The molecule has 0 aromatic heterocycles. The Hall–Kier alpha value is -0.610. The van der Waals surface area contributed by atoms with Gasteiger partial charge in [0.2, 0.25) is 5.91 Å². The highest BCUT2D eigenvalue weighted by Crippen LogP contribution is 2.21. The van der Waals surface area contributed by atoms with Crippen molar-refractivity contribution in [2.75, 3.05) is 26.2 Å². The van der Waals surface area contributed by atoms with Crippen molar-refractivity contribution in [1.29, 1.82) is 0 Å². The number of aliphatic hydroxyl groups excluding tert-OH is 1. The second kappa shape index (κ2) is 6.71. The summed E-state index contributed by atoms with van der Waals surface area (Å²) >= 11 is 0. The maximum Gasteiger partial charge on any atom is 0.222 e. The molecule has 0 aromatic rings. The van der Waals surface area contributed by atoms with Gasteiger partial charge in [-0.2, -0.15) is 0 Å². The molecular formula is C15H28N2O2. The topological polar surface area (TPSA) is 43.8 Å². The molecule has 2 rings (SSSR count). The van der Waals surface area contributed by atoms with Crippen molar-refractivity contribution in [3.63, 3.8) is 0 Å². The number of β-amino-alcohol motifs (C(OH)–C–C–N with tert-alkyl or cyclic N) is 1. The Morgan fingerprint density at radius 1 is 1.26 bits per heavy atom. The van der Waals surface area contributed by atoms with Crippen LogP contribution in [0.2, 0.25) is 0 Å². The monoisotopic (exact) mass is 268 g/mol. The summed E-state index contributed by atoms with van der Waals surface area (Å²) in [6.45, 7) is 7.66. The predicted octanol–water partition coefficient (Wildman–Crippen LogP) is 1.48. The molecule has 0 radical (unpaired) electrons. The van der Waals surface area contributed by atoms with Gasteiger partial charge in [-0.1, -0.05) is 13.3 Å². The van der Waals surface area contributed by atoms with Gasteiger partial charge < -0.3 is 10.0 Å². The predicted molar refractivity (Wildman–Crippen MR) is 75.9 cm³/mol. The van der Waals surface area contributed by atoms with E-state index in [1.54, 1.807) is 0 Å². The molecule has 2 saturated heterocycles. The smallest absolute Gasteiger partial charge is 0.222 e. The Balaban J connectivity index is 1.82. The van der Waals surface area contributed by atoms with Crippen LogP contribution in [-0.2, 0) is 4.79 Å². The lowest BCUT2D eigenvalue weighted by Crippen LogP contribution is -2.44. The summed E-state index contributed by atoms with van der Waals surface area (Å²) in [6, 6.07) is 0.550. The second-order valence-corrected chi connectivity index (χ2v) is 6.44. The molecule has 0 aromatic carbocycles. The minimum Gasteiger partial charge on any atom is -0.390 e. The SMILES string of the molecule is CC1CCCC(C)N(CC(O)CN2CCCC2=O)C1. The maximum atomic E-state index is 11.6. The molecule has 1 amide bonds. The summed E-state index contributed by atoms with van der Waals surface area (Å²) in [6.07, 6.45) is 5.00. The van der Waals surface area contributed by atoms with Crippen molar-refractivity contribution < 1.29 is 9.90 Å². The third kappa shape index (κ3) is 4.18. The third-order valence-corrected chi connectivity index (χ3v) is 4.54. The number of aliphatic hydroxyl groups is 1. The quantitative estimate of drug-likeness (QED) is 0.840. The zero-order valence-electron chi connectivity index (χ0n) is 12.3. The van der Waals surface area contributed by atoms with Gasteiger partial charge in [0, 0.05) is 38.6 Å². The van der Waals surface area contributed by atoms with Crippen LogP contribution in [0.15, 0.2) is 0 Å². The van der Waals surface area contributed by atoms with Crippen LogP contribution in [0.25, 0.3) is 0 Å². The molecule has 0 saturated carbocycles. The number of nitrogens with zero attached hydrogens (tertiary/aromatic N) is 2. The van der Waals surface area contributed by atoms with E-state index in [4.69, 9.17) is 0 Å². The van der Waals surface area contributed by atoms with Crippen LogP contribution < -0.4 is 0 Å². The number of hydrogen-bond donors (Lipinski definition) is 1. The largest absolute Gasteiger partial charge is 0.390 e. The Bertz CT molecular complexity index is 309. The summed E-state index contributed by atoms with van der Waals surface area (Å²) in [4.78, 5) is 15.8. The van der Waals surface area contributed by atoms with E-state index in [1.807, 2.05) is 4.90 Å². The lowest BCUT2D eigenvalue weighted by atomic mass is 10.1. The standard InChI is InChI=1S/C15H28N2O2/c1-12-5-3-6-13(2)17(9-12)11-14(18)10-16-8-4-7-15(16)19/h12-14,18H,3-11H2,1-2H3. The Labute approximate surface area is 116 Å². The van der Waals surface area contributed by atoms with Crippen molar-refractivity contribution in [2.24, 2.45) is 5.92 Å². The highest BCUT2D eigenvalue weighted by molar-refractivity contribution is 5.78. The first-order chi connectivity index (χ1) is 9.06. The van der Waals surface area contributed by atoms with E-state index in [-0.39, 0.29) is 5.91 Å². The van der Waals surface area contributed by atoms with Crippen LogP contribution >= 0.6 is 0 Å². The van der Waals surface area contributed by atoms with Gasteiger partial charge >= 0.3 is 0 Å². The van der Waals surface area contributed by atoms with E-state index in [0.29, 0.717) is 31.5 Å². The molecule has 1 N–H and O–H groups in total. The van der Waals surface area contributed by atoms with E-state index < -0.39 is 6.10 Å². The maximum absolute atomic E-state index is 11.6. The molecule has 2 fully saturated rings. The van der Waals surface area contributed by atoms with Crippen molar-refractivity contribution in [3.8, 4) is 0 Å². The molecule has 4 nitrogen and oxygen atoms in total. The summed E-state index contributed by atoms with van der Waals surface area (Å²) in [5, 5.41) is 10.2. The number of rotatable bonds is 4. The van der Waals surface area contributed by atoms with Gasteiger partial charge in [0.25, 0.3) is 0 Å². The second-order valence-electron chi connectivity index (χ2n) is 6.44. The summed E-state index contributed by atoms with van der Waals surface area (Å²) < 4.78 is 0. The van der Waals surface area contributed by atoms with E-state index in [2.05, 4.69) is 18.7 Å². The van der Waals surface area contributed by atoms with Gasteiger partial charge in [0.1, 0.15) is 0 Å². The fourth-order valence-corrected chi connectivity index (χ4v) is 3.35. The number of hydrogen-bond acceptors (Lipinski definition) is 3. The molecule has 2 aliphatic heterocycles. The van der Waals surface area contributed by atoms with Crippen molar-refractivity contribution >= 4 is 5.91 Å². The van der Waals surface area contributed by atoms with Crippen molar-refractivity contribution in [3.05, 3.63) is 0 Å². The van der Waals surface area contributed by atoms with Gasteiger partial charge in [0.05, 0.1) is 6.10 Å². The van der Waals surface area contributed by atoms with E-state index in [0.717, 1.165) is 19.5 Å². The minimum absolute atomic E-state index is 0.205. The fraction of sp³-hybridized carbons (Fsp3) is 0.933. The van der Waals surface area contributed by atoms with Gasteiger partial charge in [-0.05, 0) is 32.1 Å². The van der Waals surface area contributed by atoms with E-state index >= 15 is 0 Å². The minimum atomic E-state index is -0.408. The first-order valence-electron chi connectivity index (χ1n) is 7.76. The lowest BCUT2D eigenvalue weighted by molar-refractivity contribution is -0.129. The molecule has 2 heterocycles. The Kier molecular flexibility index (Phi) is 5.22. The molecule has 0 bridgehead atoms. The van der Waals surface area contributed by atoms with Crippen LogP contribution in [-0.4, -0.2) is 59.1 Å². The molecule has 0 spiro atoms. The average molecular weight is 268 g/mol. The van der Waals surface area contributed by atoms with Crippen LogP contribution in [0.3, 0.4) is 0 Å². The zero-order valence-corrected chi connectivity index (χ0v) is 12.3. The fourth-order valence-electron chi connectivity index (χ4n) is 3.35. The van der Waals surface area contributed by atoms with Gasteiger partial charge in [-0.3, -0.25) is 9.69 Å². The molecule has 2 aliphatic rings. The van der Waals surface area contributed by atoms with Crippen molar-refractivity contribution in [2.45, 2.75) is 58.1 Å². The van der Waals surface area contributed by atoms with Gasteiger partial charge in [0.15, 0.2) is 0 Å². The normalized spacial score (nSPS) is 31.5. The molecule has 110 valence electrons. The summed E-state index contributed by atoms with van der Waals surface area (Å²) in [5.74, 6) is 0.918. The van der Waals surface area contributed by atoms with Crippen LogP contribution in [0, 0.1) is 5.92 Å². The number of carbonyl (C=O) groups excluding carboxylic acids is 1. The highest BCUT2D eigenvalue weighted by Gasteiger charge is 2.26. The third-order valence-electron chi connectivity index (χ3n) is 4.54. The Morgan fingerprint density at radius 3 is 2.74 bits per heavy atom. The number of carbonyl (C=O) groups is 1. The molecule has 19 heavy (non-hydrogen) atoms.